The number of hydrogen-bond donors (Lipinski definition) is 0. The first-order valence-electron chi connectivity index (χ1n) is 3.06. The second-order valence-electron chi connectivity index (χ2n) is 2.79. The largest absolute Gasteiger partial charge is 0.389 e. The zero-order chi connectivity index (χ0) is 7.07. The summed E-state index contributed by atoms with van der Waals surface area (Å²) in [6, 6.07) is 0. The molecule has 0 aliphatic heterocycles. The van der Waals surface area contributed by atoms with Gasteiger partial charge in [-0.05, 0) is 18.3 Å². The van der Waals surface area contributed by atoms with Crippen LogP contribution >= 0.6 is 0 Å². The van der Waals surface area contributed by atoms with E-state index in [9.17, 15) is 13.2 Å². The van der Waals surface area contributed by atoms with Crippen LogP contribution in [0.15, 0.2) is 0 Å². The molecule has 54 valence electrons. The van der Waals surface area contributed by atoms with Gasteiger partial charge < -0.3 is 0 Å². The van der Waals surface area contributed by atoms with Crippen LogP contribution in [-0.4, -0.2) is 6.18 Å². The zero-order valence-corrected chi connectivity index (χ0v) is 5.20. The molecule has 0 bridgehead atoms. The Labute approximate surface area is 52.1 Å². The maximum atomic E-state index is 11.5. The number of alkyl halides is 3. The molecule has 0 aromatic carbocycles. The van der Waals surface area contributed by atoms with Gasteiger partial charge >= 0.3 is 6.18 Å². The molecule has 1 aliphatic rings. The number of halogens is 3. The van der Waals surface area contributed by atoms with Crippen LogP contribution in [0.2, 0.25) is 0 Å². The summed E-state index contributed by atoms with van der Waals surface area (Å²) >= 11 is 0. The highest BCUT2D eigenvalue weighted by Crippen LogP contribution is 2.45. The SMILES string of the molecule is CC1C[C@H]1CC(F)(F)F. The maximum Gasteiger partial charge on any atom is 0.389 e. The normalized spacial score (nSPS) is 34.7. The first-order chi connectivity index (χ1) is 3.99. The molecule has 0 aromatic rings. The minimum atomic E-state index is -3.94. The van der Waals surface area contributed by atoms with Gasteiger partial charge in [-0.15, -0.1) is 0 Å². The Hall–Kier alpha value is -0.210. The van der Waals surface area contributed by atoms with Crippen molar-refractivity contribution in [1.29, 1.82) is 0 Å². The Balaban J connectivity index is 2.19. The predicted molar refractivity (Wildman–Crippen MR) is 27.9 cm³/mol. The van der Waals surface area contributed by atoms with Crippen LogP contribution < -0.4 is 0 Å². The smallest absolute Gasteiger partial charge is 0.171 e. The molecule has 1 aliphatic carbocycles. The van der Waals surface area contributed by atoms with Gasteiger partial charge in [-0.25, -0.2) is 0 Å². The highest BCUT2D eigenvalue weighted by molar-refractivity contribution is 4.83. The highest BCUT2D eigenvalue weighted by atomic mass is 19.4. The van der Waals surface area contributed by atoms with E-state index in [1.807, 2.05) is 6.92 Å². The number of hydrogen-bond acceptors (Lipinski definition) is 0. The van der Waals surface area contributed by atoms with Gasteiger partial charge in [0, 0.05) is 6.42 Å². The maximum absolute atomic E-state index is 11.5. The molecular formula is C6H9F3. The van der Waals surface area contributed by atoms with E-state index in [2.05, 4.69) is 0 Å². The van der Waals surface area contributed by atoms with Crippen molar-refractivity contribution in [3.05, 3.63) is 0 Å². The fourth-order valence-corrected chi connectivity index (χ4v) is 0.981. The van der Waals surface area contributed by atoms with E-state index in [0.29, 0.717) is 5.92 Å². The second-order valence-corrected chi connectivity index (χ2v) is 2.79. The Morgan fingerprint density at radius 2 is 1.89 bits per heavy atom. The highest BCUT2D eigenvalue weighted by Gasteiger charge is 2.42. The van der Waals surface area contributed by atoms with E-state index < -0.39 is 12.6 Å². The zero-order valence-electron chi connectivity index (χ0n) is 5.20. The van der Waals surface area contributed by atoms with E-state index in [0.717, 1.165) is 6.42 Å². The van der Waals surface area contributed by atoms with Gasteiger partial charge in [-0.1, -0.05) is 6.92 Å². The van der Waals surface area contributed by atoms with Gasteiger partial charge in [0.2, 0.25) is 0 Å². The topological polar surface area (TPSA) is 0 Å². The van der Waals surface area contributed by atoms with Crippen molar-refractivity contribution in [1.82, 2.24) is 0 Å². The molecule has 0 saturated heterocycles. The molecule has 0 spiro atoms. The third-order valence-corrected chi connectivity index (χ3v) is 1.77. The van der Waals surface area contributed by atoms with E-state index in [1.165, 1.54) is 0 Å². The van der Waals surface area contributed by atoms with Crippen molar-refractivity contribution in [2.24, 2.45) is 11.8 Å². The molecule has 1 fully saturated rings. The third kappa shape index (κ3) is 2.24. The van der Waals surface area contributed by atoms with E-state index in [1.54, 1.807) is 0 Å². The van der Waals surface area contributed by atoms with E-state index in [-0.39, 0.29) is 5.92 Å². The Morgan fingerprint density at radius 3 is 2.00 bits per heavy atom. The lowest BCUT2D eigenvalue weighted by Gasteiger charge is -2.02. The summed E-state index contributed by atoms with van der Waals surface area (Å²) in [6.07, 6.45) is -3.75. The first-order valence-corrected chi connectivity index (χ1v) is 3.06. The summed E-state index contributed by atoms with van der Waals surface area (Å²) in [5, 5.41) is 0. The van der Waals surface area contributed by atoms with Crippen molar-refractivity contribution >= 4 is 0 Å². The minimum Gasteiger partial charge on any atom is -0.171 e. The summed E-state index contributed by atoms with van der Waals surface area (Å²) in [7, 11) is 0. The monoisotopic (exact) mass is 138 g/mol. The Bertz CT molecular complexity index is 105. The minimum absolute atomic E-state index is 0.0648. The summed E-state index contributed by atoms with van der Waals surface area (Å²) in [5.41, 5.74) is 0. The molecule has 9 heavy (non-hydrogen) atoms. The van der Waals surface area contributed by atoms with Gasteiger partial charge in [0.25, 0.3) is 0 Å². The lowest BCUT2D eigenvalue weighted by atomic mass is 10.2. The lowest BCUT2D eigenvalue weighted by molar-refractivity contribution is -0.138. The Kier molecular flexibility index (Phi) is 1.45. The molecule has 0 aromatic heterocycles. The molecule has 0 N–H and O–H groups in total. The van der Waals surface area contributed by atoms with Crippen molar-refractivity contribution in [2.45, 2.75) is 25.9 Å². The second kappa shape index (κ2) is 1.89. The fraction of sp³-hybridized carbons (Fsp3) is 1.00. The average Bonchev–Trinajstić information content (AvgIpc) is 2.13. The van der Waals surface area contributed by atoms with Crippen LogP contribution in [0, 0.1) is 11.8 Å². The van der Waals surface area contributed by atoms with Gasteiger partial charge in [0.15, 0.2) is 0 Å². The van der Waals surface area contributed by atoms with Crippen molar-refractivity contribution in [2.75, 3.05) is 0 Å². The van der Waals surface area contributed by atoms with Gasteiger partial charge in [-0.3, -0.25) is 0 Å². The van der Waals surface area contributed by atoms with Crippen LogP contribution in [0.1, 0.15) is 19.8 Å². The molecule has 1 rings (SSSR count). The van der Waals surface area contributed by atoms with Crippen molar-refractivity contribution in [3.63, 3.8) is 0 Å². The van der Waals surface area contributed by atoms with E-state index in [4.69, 9.17) is 0 Å². The molecule has 1 unspecified atom stereocenters. The molecule has 1 saturated carbocycles. The van der Waals surface area contributed by atoms with Crippen LogP contribution in [-0.2, 0) is 0 Å². The summed E-state index contributed by atoms with van der Waals surface area (Å²) in [5.74, 6) is 0.247. The van der Waals surface area contributed by atoms with Crippen molar-refractivity contribution in [3.8, 4) is 0 Å². The lowest BCUT2D eigenvalue weighted by Crippen LogP contribution is -2.08. The molecule has 0 heterocycles. The van der Waals surface area contributed by atoms with E-state index >= 15 is 0 Å². The summed E-state index contributed by atoms with van der Waals surface area (Å²) in [4.78, 5) is 0. The summed E-state index contributed by atoms with van der Waals surface area (Å²) < 4.78 is 34.6. The predicted octanol–water partition coefficient (Wildman–Crippen LogP) is 2.59. The van der Waals surface area contributed by atoms with Crippen LogP contribution in [0.25, 0.3) is 0 Å². The fourth-order valence-electron chi connectivity index (χ4n) is 0.981. The van der Waals surface area contributed by atoms with Gasteiger partial charge in [0.05, 0.1) is 0 Å². The molecule has 3 heteroatoms. The quantitative estimate of drug-likeness (QED) is 0.522. The van der Waals surface area contributed by atoms with Gasteiger partial charge in [0.1, 0.15) is 0 Å². The average molecular weight is 138 g/mol. The first kappa shape index (κ1) is 6.90. The molecule has 0 amide bonds. The summed E-state index contributed by atoms with van der Waals surface area (Å²) in [6.45, 7) is 1.86. The molecule has 0 radical (unpaired) electrons. The molecule has 2 atom stereocenters. The van der Waals surface area contributed by atoms with Crippen LogP contribution in [0.3, 0.4) is 0 Å². The standard InChI is InChI=1S/C6H9F3/c1-4-2-5(4)3-6(7,8)9/h4-5H,2-3H2,1H3/t4?,5-/m0/s1. The van der Waals surface area contributed by atoms with Crippen LogP contribution in [0.4, 0.5) is 13.2 Å². The molecular weight excluding hydrogens is 129 g/mol. The third-order valence-electron chi connectivity index (χ3n) is 1.77. The van der Waals surface area contributed by atoms with Crippen LogP contribution in [0.5, 0.6) is 0 Å². The Morgan fingerprint density at radius 1 is 1.44 bits per heavy atom. The number of rotatable bonds is 1. The van der Waals surface area contributed by atoms with Gasteiger partial charge in [-0.2, -0.15) is 13.2 Å². The molecule has 0 nitrogen and oxygen atoms in total. The van der Waals surface area contributed by atoms with Crippen molar-refractivity contribution < 1.29 is 13.2 Å².